The van der Waals surface area contributed by atoms with Gasteiger partial charge in [-0.05, 0) is 59.8 Å². The summed E-state index contributed by atoms with van der Waals surface area (Å²) in [6.45, 7) is 17.2. The summed E-state index contributed by atoms with van der Waals surface area (Å²) in [5.41, 5.74) is -0.559. The average Bonchev–Trinajstić information content (AvgIpc) is 2.84. The van der Waals surface area contributed by atoms with E-state index in [1.54, 1.807) is 0 Å². The molecule has 2 N–H and O–H groups in total. The van der Waals surface area contributed by atoms with E-state index in [4.69, 9.17) is 9.47 Å². The van der Waals surface area contributed by atoms with Gasteiger partial charge >= 0.3 is 11.9 Å². The van der Waals surface area contributed by atoms with Crippen LogP contribution in [0, 0.1) is 11.3 Å². The molecule has 2 heterocycles. The maximum absolute atomic E-state index is 12.4. The van der Waals surface area contributed by atoms with E-state index in [0.717, 1.165) is 12.8 Å². The van der Waals surface area contributed by atoms with Gasteiger partial charge in [0.05, 0.1) is 19.1 Å². The summed E-state index contributed by atoms with van der Waals surface area (Å²) < 4.78 is 10.9. The Hall–Kier alpha value is -1.14. The van der Waals surface area contributed by atoms with Gasteiger partial charge in [0.1, 0.15) is 6.04 Å². The number of hydrogen-bond donors (Lipinski definition) is 2. The van der Waals surface area contributed by atoms with Crippen molar-refractivity contribution in [3.8, 4) is 0 Å². The van der Waals surface area contributed by atoms with Crippen LogP contribution in [0.3, 0.4) is 0 Å². The lowest BCUT2D eigenvalue weighted by molar-refractivity contribution is -0.152. The van der Waals surface area contributed by atoms with Crippen LogP contribution >= 0.6 is 0 Å². The summed E-state index contributed by atoms with van der Waals surface area (Å²) in [6.07, 6.45) is 2.18. The Kier molecular flexibility index (Phi) is 6.04. The second-order valence-electron chi connectivity index (χ2n) is 10.8. The monoisotopic (exact) mass is 382 g/mol. The van der Waals surface area contributed by atoms with E-state index < -0.39 is 0 Å². The van der Waals surface area contributed by atoms with Gasteiger partial charge in [-0.25, -0.2) is 0 Å². The molecule has 0 aromatic carbocycles. The third kappa shape index (κ3) is 5.44. The summed E-state index contributed by atoms with van der Waals surface area (Å²) in [5, 5.41) is 6.85. The first kappa shape index (κ1) is 22.2. The number of hydrogen-bond acceptors (Lipinski definition) is 6. The van der Waals surface area contributed by atoms with Crippen LogP contribution in [0.4, 0.5) is 0 Å². The van der Waals surface area contributed by atoms with Crippen molar-refractivity contribution in [1.82, 2.24) is 10.6 Å². The van der Waals surface area contributed by atoms with Crippen molar-refractivity contribution >= 4 is 11.9 Å². The molecule has 0 aromatic heterocycles. The molecule has 2 atom stereocenters. The predicted octanol–water partition coefficient (Wildman–Crippen LogP) is 2.80. The molecule has 0 aromatic rings. The highest BCUT2D eigenvalue weighted by molar-refractivity contribution is 5.77. The highest BCUT2D eigenvalue weighted by Crippen LogP contribution is 2.39. The molecule has 2 aliphatic rings. The van der Waals surface area contributed by atoms with E-state index in [1.165, 1.54) is 0 Å². The van der Waals surface area contributed by atoms with Crippen molar-refractivity contribution in [2.24, 2.45) is 11.3 Å². The van der Waals surface area contributed by atoms with Crippen LogP contribution < -0.4 is 10.6 Å². The Morgan fingerprint density at radius 3 is 1.89 bits per heavy atom. The molecule has 0 spiro atoms. The van der Waals surface area contributed by atoms with Crippen LogP contribution in [0.5, 0.6) is 0 Å². The van der Waals surface area contributed by atoms with Crippen molar-refractivity contribution in [2.75, 3.05) is 13.2 Å². The first-order valence-corrected chi connectivity index (χ1v) is 10.1. The fourth-order valence-corrected chi connectivity index (χ4v) is 5.00. The molecule has 6 nitrogen and oxygen atoms in total. The Morgan fingerprint density at radius 1 is 0.889 bits per heavy atom. The summed E-state index contributed by atoms with van der Waals surface area (Å²) in [6, 6.07) is -0.303. The van der Waals surface area contributed by atoms with Gasteiger partial charge in [-0.3, -0.25) is 14.9 Å². The average molecular weight is 383 g/mol. The van der Waals surface area contributed by atoms with Gasteiger partial charge < -0.3 is 14.8 Å². The molecular formula is C21H38N2O4. The van der Waals surface area contributed by atoms with Gasteiger partial charge in [0.15, 0.2) is 0 Å². The molecule has 6 heteroatoms. The van der Waals surface area contributed by atoms with Crippen molar-refractivity contribution in [2.45, 2.75) is 97.3 Å². The minimum absolute atomic E-state index is 0.0708. The lowest BCUT2D eigenvalue weighted by Gasteiger charge is -2.27. The van der Waals surface area contributed by atoms with E-state index in [9.17, 15) is 9.59 Å². The highest BCUT2D eigenvalue weighted by atomic mass is 16.5. The van der Waals surface area contributed by atoms with Crippen LogP contribution in [0.15, 0.2) is 0 Å². The van der Waals surface area contributed by atoms with E-state index >= 15 is 0 Å². The number of rotatable bonds is 6. The van der Waals surface area contributed by atoms with E-state index in [2.05, 4.69) is 52.2 Å². The summed E-state index contributed by atoms with van der Waals surface area (Å²) in [7, 11) is 0. The largest absolute Gasteiger partial charge is 0.465 e. The fraction of sp³-hybridized carbons (Fsp3) is 0.905. The molecule has 2 saturated heterocycles. The van der Waals surface area contributed by atoms with E-state index in [0.29, 0.717) is 6.42 Å². The van der Waals surface area contributed by atoms with Gasteiger partial charge in [-0.15, -0.1) is 0 Å². The number of nitrogens with one attached hydrogen (secondary N) is 2. The third-order valence-electron chi connectivity index (χ3n) is 5.76. The molecule has 0 saturated carbocycles. The SMILES string of the molecule is CC1(C)CC(C)(C)C(C(=O)OCCCOC(=O)C2CC(C)(C)NC2(C)C)N1. The van der Waals surface area contributed by atoms with Crippen LogP contribution in [0.1, 0.15) is 74.7 Å². The summed E-state index contributed by atoms with van der Waals surface area (Å²) in [4.78, 5) is 24.8. The quantitative estimate of drug-likeness (QED) is 0.543. The molecule has 2 fully saturated rings. The minimum Gasteiger partial charge on any atom is -0.465 e. The third-order valence-corrected chi connectivity index (χ3v) is 5.76. The van der Waals surface area contributed by atoms with Crippen molar-refractivity contribution in [1.29, 1.82) is 0 Å². The van der Waals surface area contributed by atoms with Gasteiger partial charge in [-0.1, -0.05) is 13.8 Å². The Labute approximate surface area is 164 Å². The Bertz CT molecular complexity index is 531. The number of carbonyl (C=O) groups excluding carboxylic acids is 2. The predicted molar refractivity (Wildman–Crippen MR) is 105 cm³/mol. The second-order valence-corrected chi connectivity index (χ2v) is 10.8. The van der Waals surface area contributed by atoms with Crippen LogP contribution in [0.2, 0.25) is 0 Å². The first-order valence-electron chi connectivity index (χ1n) is 10.1. The smallest absolute Gasteiger partial charge is 0.323 e. The van der Waals surface area contributed by atoms with Crippen LogP contribution in [-0.2, 0) is 19.1 Å². The van der Waals surface area contributed by atoms with Gasteiger partial charge in [0, 0.05) is 23.0 Å². The Balaban J connectivity index is 1.72. The van der Waals surface area contributed by atoms with Crippen LogP contribution in [-0.4, -0.2) is 47.8 Å². The Morgan fingerprint density at radius 2 is 1.44 bits per heavy atom. The highest BCUT2D eigenvalue weighted by Gasteiger charge is 2.49. The molecule has 27 heavy (non-hydrogen) atoms. The molecule has 0 amide bonds. The standard InChI is InChI=1S/C21H38N2O4/c1-18(2)13-20(5,6)22-15(18)17(25)27-11-9-10-26-16(24)14-12-19(3,4)23-21(14,7)8/h14-15,22-23H,9-13H2,1-8H3. The van der Waals surface area contributed by atoms with Crippen molar-refractivity contribution in [3.63, 3.8) is 0 Å². The molecule has 0 bridgehead atoms. The molecule has 0 radical (unpaired) electrons. The second kappa shape index (κ2) is 7.36. The fourth-order valence-electron chi connectivity index (χ4n) is 5.00. The molecule has 156 valence electrons. The first-order chi connectivity index (χ1) is 12.2. The summed E-state index contributed by atoms with van der Waals surface area (Å²) in [5.74, 6) is -0.565. The molecule has 0 aliphatic carbocycles. The number of ether oxygens (including phenoxy) is 2. The topological polar surface area (TPSA) is 76.7 Å². The van der Waals surface area contributed by atoms with Gasteiger partial charge in [0.25, 0.3) is 0 Å². The van der Waals surface area contributed by atoms with E-state index in [1.807, 2.05) is 13.8 Å². The van der Waals surface area contributed by atoms with Crippen LogP contribution in [0.25, 0.3) is 0 Å². The number of esters is 2. The lowest BCUT2D eigenvalue weighted by Crippen LogP contribution is -2.46. The zero-order valence-corrected chi connectivity index (χ0v) is 18.3. The molecule has 2 unspecified atom stereocenters. The van der Waals surface area contributed by atoms with Crippen molar-refractivity contribution in [3.05, 3.63) is 0 Å². The zero-order valence-electron chi connectivity index (χ0n) is 18.3. The normalized spacial score (nSPS) is 30.1. The summed E-state index contributed by atoms with van der Waals surface area (Å²) >= 11 is 0. The van der Waals surface area contributed by atoms with Crippen molar-refractivity contribution < 1.29 is 19.1 Å². The number of carbonyl (C=O) groups is 2. The maximum atomic E-state index is 12.4. The van der Waals surface area contributed by atoms with Gasteiger partial charge in [0.2, 0.25) is 0 Å². The lowest BCUT2D eigenvalue weighted by atomic mass is 9.81. The molecular weight excluding hydrogens is 344 g/mol. The van der Waals surface area contributed by atoms with Gasteiger partial charge in [-0.2, -0.15) is 0 Å². The zero-order chi connectivity index (χ0) is 20.7. The minimum atomic E-state index is -0.303. The van der Waals surface area contributed by atoms with E-state index in [-0.39, 0.29) is 59.1 Å². The molecule has 2 aliphatic heterocycles. The maximum Gasteiger partial charge on any atom is 0.323 e. The molecule has 2 rings (SSSR count).